The topological polar surface area (TPSA) is 42.7 Å². The van der Waals surface area contributed by atoms with Crippen molar-refractivity contribution in [1.82, 2.24) is 19.9 Å². The Kier molecular flexibility index (Phi) is 3.27. The van der Waals surface area contributed by atoms with Crippen LogP contribution < -0.4 is 5.32 Å². The summed E-state index contributed by atoms with van der Waals surface area (Å²) >= 11 is 0. The van der Waals surface area contributed by atoms with Gasteiger partial charge < -0.3 is 9.88 Å². The van der Waals surface area contributed by atoms with Crippen molar-refractivity contribution in [3.63, 3.8) is 0 Å². The Morgan fingerprint density at radius 3 is 2.79 bits per heavy atom. The van der Waals surface area contributed by atoms with Gasteiger partial charge in [0.2, 0.25) is 0 Å². The highest BCUT2D eigenvalue weighted by molar-refractivity contribution is 5.74. The maximum absolute atomic E-state index is 4.76. The molecule has 0 spiro atoms. The van der Waals surface area contributed by atoms with E-state index in [0.29, 0.717) is 0 Å². The van der Waals surface area contributed by atoms with Crippen LogP contribution in [0.4, 0.5) is 0 Å². The Morgan fingerprint density at radius 1 is 1.32 bits per heavy atom. The molecule has 2 aromatic rings. The van der Waals surface area contributed by atoms with Gasteiger partial charge in [-0.3, -0.25) is 4.98 Å². The Bertz CT molecular complexity index is 567. The number of aryl methyl sites for hydroxylation is 1. The van der Waals surface area contributed by atoms with Crippen molar-refractivity contribution in [2.24, 2.45) is 7.05 Å². The van der Waals surface area contributed by atoms with Gasteiger partial charge in [-0.2, -0.15) is 0 Å². The number of hydrogen-bond acceptors (Lipinski definition) is 3. The zero-order valence-electron chi connectivity index (χ0n) is 11.8. The summed E-state index contributed by atoms with van der Waals surface area (Å²) in [4.78, 5) is 8.92. The smallest absolute Gasteiger partial charge is 0.111 e. The summed E-state index contributed by atoms with van der Waals surface area (Å²) in [7, 11) is 4.20. The highest BCUT2D eigenvalue weighted by Gasteiger charge is 2.32. The third-order valence-corrected chi connectivity index (χ3v) is 4.61. The van der Waals surface area contributed by atoms with E-state index in [-0.39, 0.29) is 5.54 Å². The minimum Gasteiger partial charge on any atom is -0.331 e. The number of nitrogens with one attached hydrogen (secondary N) is 1. The van der Waals surface area contributed by atoms with E-state index in [4.69, 9.17) is 4.98 Å². The summed E-state index contributed by atoms with van der Waals surface area (Å²) in [6, 6.07) is 2.04. The summed E-state index contributed by atoms with van der Waals surface area (Å²) in [6.07, 6.45) is 11.2. The lowest BCUT2D eigenvalue weighted by atomic mass is 9.79. The first-order valence-electron chi connectivity index (χ1n) is 7.18. The zero-order valence-corrected chi connectivity index (χ0v) is 11.8. The van der Waals surface area contributed by atoms with Gasteiger partial charge in [-0.25, -0.2) is 4.98 Å². The van der Waals surface area contributed by atoms with Crippen molar-refractivity contribution >= 4 is 11.0 Å². The van der Waals surface area contributed by atoms with E-state index in [1.165, 1.54) is 43.4 Å². The lowest BCUT2D eigenvalue weighted by molar-refractivity contribution is 0.240. The molecule has 3 rings (SSSR count). The molecule has 1 aliphatic carbocycles. The third-order valence-electron chi connectivity index (χ3n) is 4.61. The second-order valence-corrected chi connectivity index (χ2v) is 5.72. The molecule has 2 heterocycles. The molecule has 19 heavy (non-hydrogen) atoms. The number of fused-ring (bicyclic) bond motifs is 1. The van der Waals surface area contributed by atoms with E-state index >= 15 is 0 Å². The number of aromatic nitrogens is 3. The molecule has 0 unspecified atom stereocenters. The molecule has 0 radical (unpaired) electrons. The van der Waals surface area contributed by atoms with Gasteiger partial charge in [-0.15, -0.1) is 0 Å². The van der Waals surface area contributed by atoms with Crippen LogP contribution >= 0.6 is 0 Å². The molecule has 4 heteroatoms. The average molecular weight is 258 g/mol. The molecule has 0 bridgehead atoms. The summed E-state index contributed by atoms with van der Waals surface area (Å²) in [6.45, 7) is 0. The normalized spacial score (nSPS) is 18.8. The Balaban J connectivity index is 1.93. The minimum atomic E-state index is 0.237. The second kappa shape index (κ2) is 4.93. The molecule has 0 atom stereocenters. The minimum absolute atomic E-state index is 0.237. The van der Waals surface area contributed by atoms with Crippen LogP contribution in [0, 0.1) is 0 Å². The van der Waals surface area contributed by atoms with Crippen LogP contribution in [-0.2, 0) is 13.5 Å². The molecule has 0 aromatic carbocycles. The molecule has 1 N–H and O–H groups in total. The van der Waals surface area contributed by atoms with Crippen LogP contribution in [-0.4, -0.2) is 27.1 Å². The van der Waals surface area contributed by atoms with Gasteiger partial charge in [-0.1, -0.05) is 19.3 Å². The van der Waals surface area contributed by atoms with Gasteiger partial charge in [0.25, 0.3) is 0 Å². The maximum Gasteiger partial charge on any atom is 0.111 e. The lowest BCUT2D eigenvalue weighted by Crippen LogP contribution is -2.47. The van der Waals surface area contributed by atoms with Gasteiger partial charge >= 0.3 is 0 Å². The maximum atomic E-state index is 4.76. The number of rotatable bonds is 3. The van der Waals surface area contributed by atoms with Gasteiger partial charge in [-0.05, 0) is 26.0 Å². The number of likely N-dealkylation sites (N-methyl/N-ethyl adjacent to an activating group) is 1. The summed E-state index contributed by atoms with van der Waals surface area (Å²) < 4.78 is 2.21. The molecule has 1 aliphatic rings. The first-order valence-corrected chi connectivity index (χ1v) is 7.18. The van der Waals surface area contributed by atoms with E-state index in [0.717, 1.165) is 11.9 Å². The van der Waals surface area contributed by atoms with Gasteiger partial charge in [0.1, 0.15) is 11.3 Å². The predicted octanol–water partition coefficient (Wildman–Crippen LogP) is 2.43. The molecule has 4 nitrogen and oxygen atoms in total. The van der Waals surface area contributed by atoms with E-state index in [1.54, 1.807) is 0 Å². The molecule has 0 saturated heterocycles. The fourth-order valence-electron chi connectivity index (χ4n) is 3.31. The number of imidazole rings is 1. The second-order valence-electron chi connectivity index (χ2n) is 5.72. The fourth-order valence-corrected chi connectivity index (χ4v) is 3.31. The molecule has 102 valence electrons. The van der Waals surface area contributed by atoms with Crippen molar-refractivity contribution < 1.29 is 0 Å². The van der Waals surface area contributed by atoms with Crippen LogP contribution in [0.3, 0.4) is 0 Å². The fraction of sp³-hybridized carbons (Fsp3) is 0.600. The van der Waals surface area contributed by atoms with Crippen molar-refractivity contribution in [3.8, 4) is 0 Å². The van der Waals surface area contributed by atoms with E-state index in [2.05, 4.69) is 29.0 Å². The van der Waals surface area contributed by atoms with Crippen LogP contribution in [0.2, 0.25) is 0 Å². The van der Waals surface area contributed by atoms with Crippen molar-refractivity contribution in [2.45, 2.75) is 44.1 Å². The molecular weight excluding hydrogens is 236 g/mol. The molecule has 0 amide bonds. The number of nitrogens with zero attached hydrogens (tertiary/aromatic N) is 3. The first kappa shape index (κ1) is 12.6. The van der Waals surface area contributed by atoms with E-state index < -0.39 is 0 Å². The van der Waals surface area contributed by atoms with Crippen molar-refractivity contribution in [2.75, 3.05) is 7.05 Å². The Hall–Kier alpha value is -1.42. The van der Waals surface area contributed by atoms with Crippen LogP contribution in [0.5, 0.6) is 0 Å². The van der Waals surface area contributed by atoms with Crippen LogP contribution in [0.25, 0.3) is 11.0 Å². The Morgan fingerprint density at radius 2 is 2.11 bits per heavy atom. The van der Waals surface area contributed by atoms with Crippen LogP contribution in [0.15, 0.2) is 18.5 Å². The zero-order chi connectivity index (χ0) is 13.3. The highest BCUT2D eigenvalue weighted by atomic mass is 15.1. The largest absolute Gasteiger partial charge is 0.331 e. The summed E-state index contributed by atoms with van der Waals surface area (Å²) in [5, 5.41) is 3.57. The average Bonchev–Trinajstić information content (AvgIpc) is 2.77. The molecule has 0 aliphatic heterocycles. The number of pyridine rings is 1. The van der Waals surface area contributed by atoms with Crippen molar-refractivity contribution in [3.05, 3.63) is 24.3 Å². The van der Waals surface area contributed by atoms with Gasteiger partial charge in [0, 0.05) is 25.2 Å². The van der Waals surface area contributed by atoms with E-state index in [9.17, 15) is 0 Å². The monoisotopic (exact) mass is 258 g/mol. The quantitative estimate of drug-likeness (QED) is 0.919. The molecular formula is C15H22N4. The first-order chi connectivity index (χ1) is 9.24. The molecule has 1 saturated carbocycles. The van der Waals surface area contributed by atoms with Gasteiger partial charge in [0.15, 0.2) is 0 Å². The molecule has 2 aromatic heterocycles. The summed E-state index contributed by atoms with van der Waals surface area (Å²) in [5.74, 6) is 1.17. The third kappa shape index (κ3) is 2.25. The SMILES string of the molecule is CNC1(Cc2nc3cnccc3n2C)CCCCC1. The summed E-state index contributed by atoms with van der Waals surface area (Å²) in [5.41, 5.74) is 2.41. The van der Waals surface area contributed by atoms with E-state index in [1.807, 2.05) is 18.5 Å². The predicted molar refractivity (Wildman–Crippen MR) is 77.1 cm³/mol. The number of hydrogen-bond donors (Lipinski definition) is 1. The van der Waals surface area contributed by atoms with Crippen LogP contribution in [0.1, 0.15) is 37.9 Å². The Labute approximate surface area is 114 Å². The molecule has 1 fully saturated rings. The van der Waals surface area contributed by atoms with Gasteiger partial charge in [0.05, 0.1) is 11.7 Å². The highest BCUT2D eigenvalue weighted by Crippen LogP contribution is 2.31. The van der Waals surface area contributed by atoms with Crippen molar-refractivity contribution in [1.29, 1.82) is 0 Å². The lowest BCUT2D eigenvalue weighted by Gasteiger charge is -2.37. The standard InChI is InChI=1S/C15H22N4/c1-16-15(7-4-3-5-8-15)10-14-18-12-11-17-9-6-13(12)19(14)2/h6,9,11,16H,3-5,7-8,10H2,1-2H3.